The van der Waals surface area contributed by atoms with Crippen LogP contribution in [0.25, 0.3) is 0 Å². The maximum Gasteiger partial charge on any atom is 0.417 e. The first kappa shape index (κ1) is 21.3. The molecule has 2 aliphatic rings. The second-order valence-corrected chi connectivity index (χ2v) is 8.68. The summed E-state index contributed by atoms with van der Waals surface area (Å²) in [6, 6.07) is 12.4. The predicted molar refractivity (Wildman–Crippen MR) is 116 cm³/mol. The van der Waals surface area contributed by atoms with E-state index in [-0.39, 0.29) is 22.6 Å². The van der Waals surface area contributed by atoms with Gasteiger partial charge in [-0.3, -0.25) is 9.69 Å². The molecule has 1 saturated heterocycles. The van der Waals surface area contributed by atoms with E-state index in [1.807, 2.05) is 31.2 Å². The average molecular weight is 443 g/mol. The van der Waals surface area contributed by atoms with Gasteiger partial charge in [0.15, 0.2) is 5.11 Å². The number of hydrogen-bond acceptors (Lipinski definition) is 3. The molecule has 2 aromatic rings. The summed E-state index contributed by atoms with van der Waals surface area (Å²) in [7, 11) is 0. The second-order valence-electron chi connectivity index (χ2n) is 8.31. The van der Waals surface area contributed by atoms with Crippen LogP contribution in [0.1, 0.15) is 42.9 Å². The number of benzene rings is 2. The lowest BCUT2D eigenvalue weighted by atomic mass is 9.93. The van der Waals surface area contributed by atoms with Crippen LogP contribution in [-0.2, 0) is 11.0 Å². The topological polar surface area (TPSA) is 47.3 Å². The molecule has 1 spiro atoms. The second kappa shape index (κ2) is 7.34. The van der Waals surface area contributed by atoms with Crippen molar-refractivity contribution in [3.63, 3.8) is 0 Å². The Morgan fingerprint density at radius 2 is 1.81 bits per heavy atom. The number of amides is 1. The zero-order valence-corrected chi connectivity index (χ0v) is 17.8. The summed E-state index contributed by atoms with van der Waals surface area (Å²) < 4.78 is 40.6. The highest BCUT2D eigenvalue weighted by molar-refractivity contribution is 7.81. The van der Waals surface area contributed by atoms with Crippen LogP contribution in [-0.4, -0.2) is 16.6 Å². The van der Waals surface area contributed by atoms with E-state index in [4.69, 9.17) is 17.5 Å². The molecule has 0 radical (unpaired) electrons. The minimum atomic E-state index is -4.72. The Labute approximate surface area is 183 Å². The van der Waals surface area contributed by atoms with Crippen molar-refractivity contribution >= 4 is 34.6 Å². The third-order valence-electron chi connectivity index (χ3n) is 6.13. The summed E-state index contributed by atoms with van der Waals surface area (Å²) in [5, 5.41) is 9.24. The summed E-state index contributed by atoms with van der Waals surface area (Å²) in [5.41, 5.74) is -0.676. The lowest BCUT2D eigenvalue weighted by molar-refractivity contribution is -0.137. The van der Waals surface area contributed by atoms with Crippen LogP contribution < -0.4 is 9.80 Å². The maximum absolute atomic E-state index is 13.7. The standard InChI is InChI=1S/C23H20F3N3OS/c1-14-3-6-17(7-4-14)29-21(31)28(20(30)22(29)10-9-15(2)12-22)18-8-5-16(13-27)19(11-18)23(24,25)26/h3-8,11,15H,9-10,12H2,1-2H3. The molecule has 31 heavy (non-hydrogen) atoms. The SMILES string of the molecule is Cc1ccc(N2C(=S)N(c3ccc(C#N)c(C(F)(F)F)c3)C(=O)C23CCC(C)C3)cc1. The first-order valence-corrected chi connectivity index (χ1v) is 10.4. The largest absolute Gasteiger partial charge is 0.417 e. The lowest BCUT2D eigenvalue weighted by Gasteiger charge is -2.33. The van der Waals surface area contributed by atoms with Gasteiger partial charge in [0.1, 0.15) is 5.54 Å². The Kier molecular flexibility index (Phi) is 5.05. The molecule has 0 bridgehead atoms. The molecule has 160 valence electrons. The highest BCUT2D eigenvalue weighted by Gasteiger charge is 2.59. The summed E-state index contributed by atoms with van der Waals surface area (Å²) in [6.45, 7) is 4.01. The Morgan fingerprint density at radius 1 is 1.16 bits per heavy atom. The van der Waals surface area contributed by atoms with Crippen molar-refractivity contribution in [3.8, 4) is 6.07 Å². The van der Waals surface area contributed by atoms with E-state index >= 15 is 0 Å². The number of thiocarbonyl (C=S) groups is 1. The van der Waals surface area contributed by atoms with Crippen LogP contribution in [0.3, 0.4) is 0 Å². The fourth-order valence-corrected chi connectivity index (χ4v) is 5.09. The molecule has 8 heteroatoms. The Hall–Kier alpha value is -2.92. The molecular formula is C23H20F3N3OS. The predicted octanol–water partition coefficient (Wildman–Crippen LogP) is 5.58. The number of nitriles is 1. The molecule has 2 unspecified atom stereocenters. The van der Waals surface area contributed by atoms with Gasteiger partial charge in [-0.15, -0.1) is 0 Å². The van der Waals surface area contributed by atoms with Crippen molar-refractivity contribution in [2.75, 3.05) is 9.80 Å². The minimum Gasteiger partial charge on any atom is -0.303 e. The normalized spacial score (nSPS) is 23.7. The van der Waals surface area contributed by atoms with Crippen LogP contribution in [0.15, 0.2) is 42.5 Å². The van der Waals surface area contributed by atoms with Crippen LogP contribution >= 0.6 is 12.2 Å². The lowest BCUT2D eigenvalue weighted by Crippen LogP contribution is -2.48. The van der Waals surface area contributed by atoms with E-state index < -0.39 is 22.8 Å². The third-order valence-corrected chi connectivity index (χ3v) is 6.49. The molecule has 2 atom stereocenters. The number of hydrogen-bond donors (Lipinski definition) is 0. The fourth-order valence-electron chi connectivity index (χ4n) is 4.62. The number of aryl methyl sites for hydroxylation is 1. The van der Waals surface area contributed by atoms with Gasteiger partial charge in [-0.25, -0.2) is 0 Å². The molecular weight excluding hydrogens is 423 g/mol. The van der Waals surface area contributed by atoms with Gasteiger partial charge in [-0.2, -0.15) is 18.4 Å². The number of anilines is 2. The Bertz CT molecular complexity index is 1110. The van der Waals surface area contributed by atoms with Crippen molar-refractivity contribution in [3.05, 3.63) is 59.2 Å². The van der Waals surface area contributed by atoms with E-state index in [9.17, 15) is 18.0 Å². The van der Waals surface area contributed by atoms with Crippen LogP contribution in [0.4, 0.5) is 24.5 Å². The van der Waals surface area contributed by atoms with E-state index in [1.54, 1.807) is 11.0 Å². The minimum absolute atomic E-state index is 0.0230. The average Bonchev–Trinajstić information content (AvgIpc) is 3.20. The van der Waals surface area contributed by atoms with Gasteiger partial charge in [-0.05, 0) is 74.7 Å². The molecule has 1 saturated carbocycles. The van der Waals surface area contributed by atoms with Gasteiger partial charge in [0.2, 0.25) is 0 Å². The number of alkyl halides is 3. The molecule has 0 N–H and O–H groups in total. The van der Waals surface area contributed by atoms with E-state index in [2.05, 4.69) is 6.92 Å². The Balaban J connectivity index is 1.85. The molecule has 2 aromatic carbocycles. The van der Waals surface area contributed by atoms with Gasteiger partial charge in [0.05, 0.1) is 22.9 Å². The summed E-state index contributed by atoms with van der Waals surface area (Å²) in [4.78, 5) is 16.7. The van der Waals surface area contributed by atoms with Crippen LogP contribution in [0, 0.1) is 24.2 Å². The fraction of sp³-hybridized carbons (Fsp3) is 0.348. The smallest absolute Gasteiger partial charge is 0.303 e. The molecule has 0 aromatic heterocycles. The van der Waals surface area contributed by atoms with Gasteiger partial charge in [0, 0.05) is 5.69 Å². The first-order chi connectivity index (χ1) is 14.6. The van der Waals surface area contributed by atoms with Crippen LogP contribution in [0.5, 0.6) is 0 Å². The Morgan fingerprint density at radius 3 is 2.35 bits per heavy atom. The van der Waals surface area contributed by atoms with E-state index in [1.165, 1.54) is 11.0 Å². The van der Waals surface area contributed by atoms with Crippen molar-refractivity contribution in [1.29, 1.82) is 5.26 Å². The van der Waals surface area contributed by atoms with Gasteiger partial charge in [0.25, 0.3) is 5.91 Å². The van der Waals surface area contributed by atoms with Gasteiger partial charge < -0.3 is 4.90 Å². The third kappa shape index (κ3) is 3.37. The highest BCUT2D eigenvalue weighted by atomic mass is 32.1. The maximum atomic E-state index is 13.7. The monoisotopic (exact) mass is 443 g/mol. The molecule has 1 heterocycles. The molecule has 1 aliphatic carbocycles. The number of nitrogens with zero attached hydrogens (tertiary/aromatic N) is 3. The zero-order chi connectivity index (χ0) is 22.6. The molecule has 2 fully saturated rings. The highest BCUT2D eigenvalue weighted by Crippen LogP contribution is 2.48. The van der Waals surface area contributed by atoms with Gasteiger partial charge in [-0.1, -0.05) is 24.6 Å². The summed E-state index contributed by atoms with van der Waals surface area (Å²) in [6.07, 6.45) is -2.76. The van der Waals surface area contributed by atoms with E-state index in [0.717, 1.165) is 29.8 Å². The molecule has 4 nitrogen and oxygen atoms in total. The number of rotatable bonds is 2. The van der Waals surface area contributed by atoms with Crippen LogP contribution in [0.2, 0.25) is 0 Å². The molecule has 1 aliphatic heterocycles. The summed E-state index contributed by atoms with van der Waals surface area (Å²) in [5.74, 6) is -0.0355. The van der Waals surface area contributed by atoms with E-state index in [0.29, 0.717) is 12.8 Å². The number of halogens is 3. The molecule has 1 amide bonds. The van der Waals surface area contributed by atoms with Crippen molar-refractivity contribution in [2.24, 2.45) is 5.92 Å². The van der Waals surface area contributed by atoms with Gasteiger partial charge >= 0.3 is 6.18 Å². The first-order valence-electron chi connectivity index (χ1n) is 9.95. The quantitative estimate of drug-likeness (QED) is 0.569. The zero-order valence-electron chi connectivity index (χ0n) is 17.0. The van der Waals surface area contributed by atoms with Crippen molar-refractivity contribution < 1.29 is 18.0 Å². The summed E-state index contributed by atoms with van der Waals surface area (Å²) >= 11 is 5.67. The van der Waals surface area contributed by atoms with Crippen molar-refractivity contribution in [1.82, 2.24) is 0 Å². The molecule has 4 rings (SSSR count). The number of carbonyl (C=O) groups is 1. The van der Waals surface area contributed by atoms with Crippen molar-refractivity contribution in [2.45, 2.75) is 44.8 Å². The number of carbonyl (C=O) groups excluding carboxylic acids is 1.